The molecule has 5 heteroatoms. The van der Waals surface area contributed by atoms with Gasteiger partial charge in [-0.2, -0.15) is 0 Å². The molecule has 0 amide bonds. The largest absolute Gasteiger partial charge is 0.363 e. The standard InChI is InChI=1S/C12H21N5/c1-9-14-11(16(2)3)7-12(15-9)17-6-4-5-10(13)8-17/h7,10H,4-6,8,13H2,1-3H3. The Morgan fingerprint density at radius 1 is 1.41 bits per heavy atom. The Morgan fingerprint density at radius 3 is 2.82 bits per heavy atom. The summed E-state index contributed by atoms with van der Waals surface area (Å²) in [5, 5.41) is 0. The van der Waals surface area contributed by atoms with Gasteiger partial charge in [0.1, 0.15) is 17.5 Å². The Balaban J connectivity index is 2.25. The van der Waals surface area contributed by atoms with Crippen LogP contribution in [0.3, 0.4) is 0 Å². The van der Waals surface area contributed by atoms with E-state index in [4.69, 9.17) is 5.73 Å². The minimum absolute atomic E-state index is 0.266. The van der Waals surface area contributed by atoms with Crippen molar-refractivity contribution < 1.29 is 0 Å². The fraction of sp³-hybridized carbons (Fsp3) is 0.667. The van der Waals surface area contributed by atoms with Crippen LogP contribution < -0.4 is 15.5 Å². The number of piperidine rings is 1. The monoisotopic (exact) mass is 235 g/mol. The van der Waals surface area contributed by atoms with Gasteiger partial charge in [-0.3, -0.25) is 0 Å². The molecule has 2 N–H and O–H groups in total. The highest BCUT2D eigenvalue weighted by atomic mass is 15.2. The van der Waals surface area contributed by atoms with Crippen LogP contribution >= 0.6 is 0 Å². The summed E-state index contributed by atoms with van der Waals surface area (Å²) in [6, 6.07) is 2.30. The smallest absolute Gasteiger partial charge is 0.134 e. The third kappa shape index (κ3) is 2.85. The van der Waals surface area contributed by atoms with Gasteiger partial charge < -0.3 is 15.5 Å². The maximum atomic E-state index is 6.00. The molecule has 1 unspecified atom stereocenters. The lowest BCUT2D eigenvalue weighted by molar-refractivity contribution is 0.502. The van der Waals surface area contributed by atoms with Crippen molar-refractivity contribution in [2.45, 2.75) is 25.8 Å². The zero-order valence-corrected chi connectivity index (χ0v) is 10.8. The fourth-order valence-corrected chi connectivity index (χ4v) is 2.15. The van der Waals surface area contributed by atoms with Crippen molar-refractivity contribution in [2.24, 2.45) is 5.73 Å². The number of rotatable bonds is 2. The maximum Gasteiger partial charge on any atom is 0.134 e. The van der Waals surface area contributed by atoms with Gasteiger partial charge in [-0.1, -0.05) is 0 Å². The lowest BCUT2D eigenvalue weighted by Gasteiger charge is -2.32. The average molecular weight is 235 g/mol. The molecule has 0 aromatic carbocycles. The Morgan fingerprint density at radius 2 is 2.18 bits per heavy atom. The summed E-state index contributed by atoms with van der Waals surface area (Å²) in [4.78, 5) is 13.2. The molecule has 17 heavy (non-hydrogen) atoms. The van der Waals surface area contributed by atoms with Gasteiger partial charge in [0.15, 0.2) is 0 Å². The van der Waals surface area contributed by atoms with Gasteiger partial charge in [0.05, 0.1) is 0 Å². The topological polar surface area (TPSA) is 58.3 Å². The van der Waals surface area contributed by atoms with Crippen LogP contribution in [-0.4, -0.2) is 43.2 Å². The van der Waals surface area contributed by atoms with Crippen molar-refractivity contribution in [3.8, 4) is 0 Å². The van der Waals surface area contributed by atoms with Gasteiger partial charge >= 0.3 is 0 Å². The first kappa shape index (κ1) is 12.1. The highest BCUT2D eigenvalue weighted by molar-refractivity contribution is 5.50. The summed E-state index contributed by atoms with van der Waals surface area (Å²) in [5.41, 5.74) is 6.00. The SMILES string of the molecule is Cc1nc(N(C)C)cc(N2CCCC(N)C2)n1. The lowest BCUT2D eigenvalue weighted by atomic mass is 10.1. The number of hydrogen-bond donors (Lipinski definition) is 1. The van der Waals surface area contributed by atoms with Gasteiger partial charge in [-0.15, -0.1) is 0 Å². The van der Waals surface area contributed by atoms with E-state index < -0.39 is 0 Å². The third-order valence-electron chi connectivity index (χ3n) is 3.05. The second-order valence-electron chi connectivity index (χ2n) is 4.87. The van der Waals surface area contributed by atoms with Crippen molar-refractivity contribution in [3.05, 3.63) is 11.9 Å². The number of nitrogens with zero attached hydrogens (tertiary/aromatic N) is 4. The number of aromatic nitrogens is 2. The number of anilines is 2. The molecule has 1 aliphatic heterocycles. The Bertz CT molecular complexity index is 390. The third-order valence-corrected chi connectivity index (χ3v) is 3.05. The van der Waals surface area contributed by atoms with Crippen LogP contribution in [-0.2, 0) is 0 Å². The molecule has 94 valence electrons. The van der Waals surface area contributed by atoms with Gasteiger partial charge in [0.2, 0.25) is 0 Å². The molecule has 0 saturated carbocycles. The minimum atomic E-state index is 0.266. The number of aryl methyl sites for hydroxylation is 1. The van der Waals surface area contributed by atoms with Gasteiger partial charge in [-0.25, -0.2) is 9.97 Å². The van der Waals surface area contributed by atoms with Crippen molar-refractivity contribution >= 4 is 11.6 Å². The Labute approximate surface area is 103 Å². The van der Waals surface area contributed by atoms with E-state index in [-0.39, 0.29) is 6.04 Å². The van der Waals surface area contributed by atoms with Gasteiger partial charge in [-0.05, 0) is 19.8 Å². The van der Waals surface area contributed by atoms with E-state index in [1.54, 1.807) is 0 Å². The van der Waals surface area contributed by atoms with Crippen LogP contribution in [0, 0.1) is 6.92 Å². The van der Waals surface area contributed by atoms with E-state index in [0.29, 0.717) is 0 Å². The summed E-state index contributed by atoms with van der Waals surface area (Å²) < 4.78 is 0. The predicted octanol–water partition coefficient (Wildman–Crippen LogP) is 0.779. The number of nitrogens with two attached hydrogens (primary N) is 1. The number of hydrogen-bond acceptors (Lipinski definition) is 5. The molecule has 0 bridgehead atoms. The van der Waals surface area contributed by atoms with E-state index in [0.717, 1.165) is 43.4 Å². The molecule has 1 atom stereocenters. The lowest BCUT2D eigenvalue weighted by Crippen LogP contribution is -2.43. The summed E-state index contributed by atoms with van der Waals surface area (Å²) in [7, 11) is 3.99. The van der Waals surface area contributed by atoms with E-state index in [2.05, 4.69) is 14.9 Å². The normalized spacial score (nSPS) is 20.5. The second-order valence-corrected chi connectivity index (χ2v) is 4.87. The molecule has 1 aromatic heterocycles. The van der Waals surface area contributed by atoms with E-state index >= 15 is 0 Å². The predicted molar refractivity (Wildman–Crippen MR) is 70.5 cm³/mol. The van der Waals surface area contributed by atoms with Crippen LogP contribution in [0.2, 0.25) is 0 Å². The molecular formula is C12H21N5. The molecule has 1 fully saturated rings. The molecular weight excluding hydrogens is 214 g/mol. The summed E-state index contributed by atoms with van der Waals surface area (Å²) in [5.74, 6) is 2.76. The average Bonchev–Trinajstić information content (AvgIpc) is 2.28. The highest BCUT2D eigenvalue weighted by Crippen LogP contribution is 2.20. The van der Waals surface area contributed by atoms with Crippen LogP contribution in [0.4, 0.5) is 11.6 Å². The van der Waals surface area contributed by atoms with Crippen molar-refractivity contribution in [1.82, 2.24) is 9.97 Å². The van der Waals surface area contributed by atoms with Crippen molar-refractivity contribution in [3.63, 3.8) is 0 Å². The summed E-state index contributed by atoms with van der Waals surface area (Å²) >= 11 is 0. The molecule has 0 spiro atoms. The molecule has 1 saturated heterocycles. The highest BCUT2D eigenvalue weighted by Gasteiger charge is 2.19. The van der Waals surface area contributed by atoms with Crippen molar-refractivity contribution in [1.29, 1.82) is 0 Å². The molecule has 1 aliphatic rings. The second kappa shape index (κ2) is 4.87. The Kier molecular flexibility index (Phi) is 3.47. The van der Waals surface area contributed by atoms with Gasteiger partial charge in [0.25, 0.3) is 0 Å². The zero-order chi connectivity index (χ0) is 12.4. The molecule has 2 heterocycles. The summed E-state index contributed by atoms with van der Waals surface area (Å²) in [6.45, 7) is 3.86. The van der Waals surface area contributed by atoms with Crippen LogP contribution in [0.5, 0.6) is 0 Å². The van der Waals surface area contributed by atoms with Crippen LogP contribution in [0.1, 0.15) is 18.7 Å². The maximum absolute atomic E-state index is 6.00. The fourth-order valence-electron chi connectivity index (χ4n) is 2.15. The van der Waals surface area contributed by atoms with E-state index in [1.807, 2.05) is 32.0 Å². The van der Waals surface area contributed by atoms with E-state index in [9.17, 15) is 0 Å². The van der Waals surface area contributed by atoms with E-state index in [1.165, 1.54) is 0 Å². The minimum Gasteiger partial charge on any atom is -0.363 e. The molecule has 0 radical (unpaired) electrons. The molecule has 2 rings (SSSR count). The van der Waals surface area contributed by atoms with Crippen LogP contribution in [0.15, 0.2) is 6.07 Å². The van der Waals surface area contributed by atoms with Crippen molar-refractivity contribution in [2.75, 3.05) is 37.0 Å². The molecule has 0 aliphatic carbocycles. The van der Waals surface area contributed by atoms with Gasteiger partial charge in [0, 0.05) is 39.3 Å². The summed E-state index contributed by atoms with van der Waals surface area (Å²) in [6.07, 6.45) is 2.25. The first-order valence-corrected chi connectivity index (χ1v) is 6.10. The molecule has 5 nitrogen and oxygen atoms in total. The first-order valence-electron chi connectivity index (χ1n) is 6.10. The Hall–Kier alpha value is -1.36. The molecule has 1 aromatic rings. The zero-order valence-electron chi connectivity index (χ0n) is 10.8. The first-order chi connectivity index (χ1) is 8.06. The quantitative estimate of drug-likeness (QED) is 0.821. The van der Waals surface area contributed by atoms with Crippen LogP contribution in [0.25, 0.3) is 0 Å².